The number of ether oxygens (including phenoxy) is 2. The van der Waals surface area contributed by atoms with Crippen molar-refractivity contribution in [1.82, 2.24) is 10.6 Å². The number of fused-ring (bicyclic) bond motifs is 1. The second-order valence-electron chi connectivity index (χ2n) is 6.20. The lowest BCUT2D eigenvalue weighted by atomic mass is 10.0. The summed E-state index contributed by atoms with van der Waals surface area (Å²) < 4.78 is 10.7. The normalized spacial score (nSPS) is 15.5. The first-order valence-corrected chi connectivity index (χ1v) is 8.83. The van der Waals surface area contributed by atoms with Crippen molar-refractivity contribution in [3.05, 3.63) is 59.7 Å². The Balaban J connectivity index is 0.00000280. The molecule has 1 heterocycles. The SMILES string of the molecule is COc1ccc(CNC(=O)CN=C(N)NC2CCOc3ccccc32)cc1.I. The molecule has 0 bridgehead atoms. The maximum absolute atomic E-state index is 12.0. The smallest absolute Gasteiger partial charge is 0.242 e. The van der Waals surface area contributed by atoms with Crippen molar-refractivity contribution in [2.24, 2.45) is 10.7 Å². The first-order chi connectivity index (χ1) is 13.2. The highest BCUT2D eigenvalue weighted by molar-refractivity contribution is 14.0. The van der Waals surface area contributed by atoms with Gasteiger partial charge < -0.3 is 25.8 Å². The van der Waals surface area contributed by atoms with E-state index in [1.165, 1.54) is 0 Å². The van der Waals surface area contributed by atoms with E-state index in [-0.39, 0.29) is 48.4 Å². The van der Waals surface area contributed by atoms with Gasteiger partial charge in [0.05, 0.1) is 19.8 Å². The Morgan fingerprint density at radius 1 is 1.25 bits per heavy atom. The highest BCUT2D eigenvalue weighted by Gasteiger charge is 2.21. The molecule has 0 aliphatic carbocycles. The summed E-state index contributed by atoms with van der Waals surface area (Å²) in [6.45, 7) is 1.02. The second-order valence-corrected chi connectivity index (χ2v) is 6.20. The van der Waals surface area contributed by atoms with Gasteiger partial charge in [-0.3, -0.25) is 4.79 Å². The molecule has 2 aromatic carbocycles. The van der Waals surface area contributed by atoms with E-state index in [0.717, 1.165) is 29.0 Å². The first-order valence-electron chi connectivity index (χ1n) is 8.83. The summed E-state index contributed by atoms with van der Waals surface area (Å²) in [6.07, 6.45) is 0.789. The maximum Gasteiger partial charge on any atom is 0.242 e. The van der Waals surface area contributed by atoms with E-state index in [0.29, 0.717) is 13.2 Å². The minimum atomic E-state index is -0.192. The fraction of sp³-hybridized carbons (Fsp3) is 0.300. The number of guanidine groups is 1. The van der Waals surface area contributed by atoms with Crippen molar-refractivity contribution in [1.29, 1.82) is 0 Å². The molecule has 8 heteroatoms. The molecule has 28 heavy (non-hydrogen) atoms. The van der Waals surface area contributed by atoms with Crippen LogP contribution in [0.15, 0.2) is 53.5 Å². The Labute approximate surface area is 181 Å². The molecule has 1 unspecified atom stereocenters. The van der Waals surface area contributed by atoms with Crippen molar-refractivity contribution in [3.63, 3.8) is 0 Å². The van der Waals surface area contributed by atoms with Crippen LogP contribution in [0.4, 0.5) is 0 Å². The standard InChI is InChI=1S/C20H24N4O3.HI/c1-26-15-8-6-14(7-9-15)12-22-19(25)13-23-20(21)24-17-10-11-27-18-5-3-2-4-16(17)18;/h2-9,17H,10-13H2,1H3,(H,22,25)(H3,21,23,24);1H. The monoisotopic (exact) mass is 496 g/mol. The van der Waals surface area contributed by atoms with Crippen molar-refractivity contribution in [3.8, 4) is 11.5 Å². The number of nitrogens with one attached hydrogen (secondary N) is 2. The van der Waals surface area contributed by atoms with Gasteiger partial charge in [0.2, 0.25) is 5.91 Å². The number of benzene rings is 2. The minimum Gasteiger partial charge on any atom is -0.497 e. The predicted octanol–water partition coefficient (Wildman–Crippen LogP) is 2.36. The number of para-hydroxylation sites is 1. The first kappa shape index (κ1) is 21.8. The fourth-order valence-corrected chi connectivity index (χ4v) is 2.87. The Morgan fingerprint density at radius 3 is 2.75 bits per heavy atom. The lowest BCUT2D eigenvalue weighted by Crippen LogP contribution is -2.38. The lowest BCUT2D eigenvalue weighted by Gasteiger charge is -2.26. The molecule has 1 amide bonds. The van der Waals surface area contributed by atoms with Crippen molar-refractivity contribution >= 4 is 35.8 Å². The van der Waals surface area contributed by atoms with Gasteiger partial charge in [0.1, 0.15) is 18.0 Å². The molecule has 4 N–H and O–H groups in total. The van der Waals surface area contributed by atoms with Crippen LogP contribution in [0.3, 0.4) is 0 Å². The zero-order chi connectivity index (χ0) is 19.1. The lowest BCUT2D eigenvalue weighted by molar-refractivity contribution is -0.119. The number of carbonyl (C=O) groups excluding carboxylic acids is 1. The van der Waals surface area contributed by atoms with Gasteiger partial charge in [0, 0.05) is 18.5 Å². The van der Waals surface area contributed by atoms with E-state index < -0.39 is 0 Å². The van der Waals surface area contributed by atoms with Gasteiger partial charge in [-0.15, -0.1) is 24.0 Å². The van der Waals surface area contributed by atoms with Gasteiger partial charge in [-0.25, -0.2) is 4.99 Å². The average molecular weight is 496 g/mol. The van der Waals surface area contributed by atoms with Crippen LogP contribution in [0.25, 0.3) is 0 Å². The summed E-state index contributed by atoms with van der Waals surface area (Å²) in [4.78, 5) is 16.1. The van der Waals surface area contributed by atoms with Gasteiger partial charge >= 0.3 is 0 Å². The van der Waals surface area contributed by atoms with Crippen molar-refractivity contribution in [2.45, 2.75) is 19.0 Å². The second kappa shape index (κ2) is 10.7. The van der Waals surface area contributed by atoms with Crippen LogP contribution in [0, 0.1) is 0 Å². The van der Waals surface area contributed by atoms with E-state index in [9.17, 15) is 4.79 Å². The van der Waals surface area contributed by atoms with E-state index >= 15 is 0 Å². The molecular formula is C20H25IN4O3. The summed E-state index contributed by atoms with van der Waals surface area (Å²) in [5, 5.41) is 5.99. The van der Waals surface area contributed by atoms with Gasteiger partial charge in [-0.1, -0.05) is 30.3 Å². The van der Waals surface area contributed by atoms with Crippen LogP contribution in [-0.2, 0) is 11.3 Å². The summed E-state index contributed by atoms with van der Waals surface area (Å²) in [5.41, 5.74) is 7.98. The summed E-state index contributed by atoms with van der Waals surface area (Å²) in [6, 6.07) is 15.4. The van der Waals surface area contributed by atoms with Crippen LogP contribution >= 0.6 is 24.0 Å². The third-order valence-corrected chi connectivity index (χ3v) is 4.32. The van der Waals surface area contributed by atoms with E-state index in [2.05, 4.69) is 15.6 Å². The van der Waals surface area contributed by atoms with Crippen molar-refractivity contribution in [2.75, 3.05) is 20.3 Å². The molecule has 150 valence electrons. The number of nitrogens with zero attached hydrogens (tertiary/aromatic N) is 1. The third kappa shape index (κ3) is 6.01. The van der Waals surface area contributed by atoms with E-state index in [4.69, 9.17) is 15.2 Å². The molecule has 1 atom stereocenters. The van der Waals surface area contributed by atoms with Gasteiger partial charge in [0.25, 0.3) is 0 Å². The van der Waals surface area contributed by atoms with Gasteiger partial charge in [0.15, 0.2) is 5.96 Å². The molecule has 0 aromatic heterocycles. The summed E-state index contributed by atoms with van der Waals surface area (Å²) in [5.74, 6) is 1.69. The number of nitrogens with two attached hydrogens (primary N) is 1. The number of methoxy groups -OCH3 is 1. The highest BCUT2D eigenvalue weighted by Crippen LogP contribution is 2.31. The molecule has 0 spiro atoms. The minimum absolute atomic E-state index is 0. The quantitative estimate of drug-likeness (QED) is 0.324. The van der Waals surface area contributed by atoms with E-state index in [1.807, 2.05) is 48.5 Å². The molecular weight excluding hydrogens is 471 g/mol. The Hall–Kier alpha value is -2.49. The Morgan fingerprint density at radius 2 is 2.00 bits per heavy atom. The molecule has 1 aliphatic heterocycles. The maximum atomic E-state index is 12.0. The topological polar surface area (TPSA) is 98.0 Å². The number of amides is 1. The van der Waals surface area contributed by atoms with Gasteiger partial charge in [-0.2, -0.15) is 0 Å². The van der Waals surface area contributed by atoms with Crippen LogP contribution < -0.4 is 25.8 Å². The van der Waals surface area contributed by atoms with Crippen molar-refractivity contribution < 1.29 is 14.3 Å². The zero-order valence-corrected chi connectivity index (χ0v) is 18.0. The van der Waals surface area contributed by atoms with Gasteiger partial charge in [-0.05, 0) is 23.8 Å². The third-order valence-electron chi connectivity index (χ3n) is 4.32. The molecule has 7 nitrogen and oxygen atoms in total. The number of rotatable bonds is 6. The Bertz CT molecular complexity index is 811. The number of aliphatic imine (C=N–C) groups is 1. The molecule has 1 aliphatic rings. The molecule has 2 aromatic rings. The fourth-order valence-electron chi connectivity index (χ4n) is 2.87. The number of carbonyl (C=O) groups is 1. The van der Waals surface area contributed by atoms with Crippen LogP contribution in [-0.4, -0.2) is 32.1 Å². The number of halogens is 1. The number of hydrogen-bond donors (Lipinski definition) is 3. The molecule has 3 rings (SSSR count). The summed E-state index contributed by atoms with van der Waals surface area (Å²) >= 11 is 0. The molecule has 0 saturated carbocycles. The number of hydrogen-bond acceptors (Lipinski definition) is 4. The Kier molecular flexibility index (Phi) is 8.37. The van der Waals surface area contributed by atoms with E-state index in [1.54, 1.807) is 7.11 Å². The molecule has 0 fully saturated rings. The molecule has 0 saturated heterocycles. The predicted molar refractivity (Wildman–Crippen MR) is 119 cm³/mol. The van der Waals surface area contributed by atoms with Crippen LogP contribution in [0.2, 0.25) is 0 Å². The largest absolute Gasteiger partial charge is 0.497 e. The highest BCUT2D eigenvalue weighted by atomic mass is 127. The average Bonchev–Trinajstić information content (AvgIpc) is 2.71. The summed E-state index contributed by atoms with van der Waals surface area (Å²) in [7, 11) is 1.62. The molecule has 0 radical (unpaired) electrons. The van der Waals surface area contributed by atoms with Crippen LogP contribution in [0.1, 0.15) is 23.6 Å². The zero-order valence-electron chi connectivity index (χ0n) is 15.7. The van der Waals surface area contributed by atoms with Crippen LogP contribution in [0.5, 0.6) is 11.5 Å².